The van der Waals surface area contributed by atoms with Crippen molar-refractivity contribution in [1.29, 1.82) is 0 Å². The molecule has 0 aromatic heterocycles. The molecule has 0 aliphatic heterocycles. The van der Waals surface area contributed by atoms with Crippen LogP contribution in [0.1, 0.15) is 10.4 Å². The maximum absolute atomic E-state index is 13.3. The van der Waals surface area contributed by atoms with Gasteiger partial charge in [0.25, 0.3) is 10.0 Å². The van der Waals surface area contributed by atoms with Gasteiger partial charge in [-0.05, 0) is 42.5 Å². The number of ether oxygens (including phenoxy) is 2. The van der Waals surface area contributed by atoms with E-state index >= 15 is 0 Å². The average molecular weight is 516 g/mol. The Hall–Kier alpha value is -3.26. The highest BCUT2D eigenvalue weighted by atomic mass is 35.5. The molecule has 0 N–H and O–H groups in total. The number of rotatable bonds is 6. The summed E-state index contributed by atoms with van der Waals surface area (Å²) in [7, 11) is -1.18. The van der Waals surface area contributed by atoms with Crippen LogP contribution in [0.4, 0.5) is 5.69 Å². The van der Waals surface area contributed by atoms with E-state index < -0.39 is 16.0 Å². The number of methoxy groups -OCH3 is 1. The molecular weight excluding hydrogens is 497 g/mol. The van der Waals surface area contributed by atoms with E-state index in [4.69, 9.17) is 32.7 Å². The third-order valence-corrected chi connectivity index (χ3v) is 7.70. The number of benzene rings is 4. The minimum absolute atomic E-state index is 0.0576. The molecule has 0 spiro atoms. The highest BCUT2D eigenvalue weighted by molar-refractivity contribution is 7.92. The van der Waals surface area contributed by atoms with Gasteiger partial charge in [-0.25, -0.2) is 13.2 Å². The molecule has 9 heteroatoms. The number of esters is 1. The molecule has 0 saturated carbocycles. The van der Waals surface area contributed by atoms with Gasteiger partial charge < -0.3 is 9.47 Å². The molecule has 4 aromatic carbocycles. The third kappa shape index (κ3) is 4.42. The summed E-state index contributed by atoms with van der Waals surface area (Å²) in [4.78, 5) is 12.9. The summed E-state index contributed by atoms with van der Waals surface area (Å²) in [6, 6.07) is 21.0. The monoisotopic (exact) mass is 515 g/mol. The summed E-state index contributed by atoms with van der Waals surface area (Å²) in [5.74, 6) is -0.133. The van der Waals surface area contributed by atoms with Gasteiger partial charge in [0.2, 0.25) is 0 Å². The van der Waals surface area contributed by atoms with Crippen molar-refractivity contribution in [2.75, 3.05) is 18.5 Å². The molecule has 34 heavy (non-hydrogen) atoms. The van der Waals surface area contributed by atoms with Crippen LogP contribution >= 0.6 is 23.2 Å². The Labute approximate surface area is 207 Å². The molecule has 0 fully saturated rings. The summed E-state index contributed by atoms with van der Waals surface area (Å²) in [5, 5.41) is 1.93. The van der Waals surface area contributed by atoms with E-state index in [0.717, 1.165) is 9.69 Å². The Morgan fingerprint density at radius 2 is 1.47 bits per heavy atom. The lowest BCUT2D eigenvalue weighted by Crippen LogP contribution is -2.27. The molecular formula is C25H19Cl2NO5S. The van der Waals surface area contributed by atoms with E-state index in [0.29, 0.717) is 21.8 Å². The van der Waals surface area contributed by atoms with E-state index in [9.17, 15) is 13.2 Å². The predicted octanol–water partition coefficient (Wildman–Crippen LogP) is 6.20. The summed E-state index contributed by atoms with van der Waals surface area (Å²) in [6.45, 7) is 0. The van der Waals surface area contributed by atoms with Gasteiger partial charge in [-0.15, -0.1) is 0 Å². The predicted molar refractivity (Wildman–Crippen MR) is 134 cm³/mol. The van der Waals surface area contributed by atoms with Crippen molar-refractivity contribution in [1.82, 2.24) is 0 Å². The summed E-state index contributed by atoms with van der Waals surface area (Å²) >= 11 is 12.5. The van der Waals surface area contributed by atoms with Crippen LogP contribution in [0.2, 0.25) is 10.0 Å². The molecule has 4 rings (SSSR count). The molecule has 6 nitrogen and oxygen atoms in total. The number of nitrogens with zero attached hydrogens (tertiary/aromatic N) is 1. The zero-order valence-corrected chi connectivity index (χ0v) is 20.5. The number of hydrogen-bond acceptors (Lipinski definition) is 5. The molecule has 0 unspecified atom stereocenters. The lowest BCUT2D eigenvalue weighted by atomic mass is 10.1. The Balaban J connectivity index is 1.70. The van der Waals surface area contributed by atoms with Gasteiger partial charge in [-0.2, -0.15) is 0 Å². The second-order valence-corrected chi connectivity index (χ2v) is 10.1. The standard InChI is InChI=1S/C25H19Cl2NO5S/c1-28(22-9-5-6-10-24(22)32-2)34(30,31)16-11-12-21(27)19(15-16)25(29)33-23-14-13-20(26)17-7-3-4-8-18(17)23/h3-15H,1-2H3. The van der Waals surface area contributed by atoms with Crippen LogP contribution in [0.25, 0.3) is 10.8 Å². The van der Waals surface area contributed by atoms with Crippen molar-refractivity contribution >= 4 is 55.7 Å². The maximum atomic E-state index is 13.3. The number of carbonyl (C=O) groups excluding carboxylic acids is 1. The molecule has 0 bridgehead atoms. The van der Waals surface area contributed by atoms with E-state index in [1.165, 1.54) is 32.4 Å². The largest absolute Gasteiger partial charge is 0.495 e. The van der Waals surface area contributed by atoms with Crippen molar-refractivity contribution in [2.24, 2.45) is 0 Å². The van der Waals surface area contributed by atoms with Gasteiger partial charge in [-0.3, -0.25) is 4.31 Å². The van der Waals surface area contributed by atoms with Gasteiger partial charge >= 0.3 is 5.97 Å². The molecule has 0 atom stereocenters. The number of para-hydroxylation sites is 2. The number of sulfonamides is 1. The van der Waals surface area contributed by atoms with Gasteiger partial charge in [0, 0.05) is 22.8 Å². The van der Waals surface area contributed by atoms with Gasteiger partial charge in [0.1, 0.15) is 11.5 Å². The summed E-state index contributed by atoms with van der Waals surface area (Å²) in [6.07, 6.45) is 0. The van der Waals surface area contributed by atoms with Crippen LogP contribution in [-0.2, 0) is 10.0 Å². The molecule has 0 radical (unpaired) electrons. The van der Waals surface area contributed by atoms with Gasteiger partial charge in [-0.1, -0.05) is 59.6 Å². The van der Waals surface area contributed by atoms with Crippen molar-refractivity contribution in [3.63, 3.8) is 0 Å². The first-order valence-corrected chi connectivity index (χ1v) is 12.2. The van der Waals surface area contributed by atoms with E-state index in [-0.39, 0.29) is 21.2 Å². The summed E-state index contributed by atoms with van der Waals surface area (Å²) in [5.41, 5.74) is 0.256. The molecule has 0 aliphatic rings. The van der Waals surface area contributed by atoms with Crippen LogP contribution in [0.3, 0.4) is 0 Å². The minimum atomic E-state index is -4.04. The maximum Gasteiger partial charge on any atom is 0.345 e. The first-order valence-electron chi connectivity index (χ1n) is 10.0. The fraction of sp³-hybridized carbons (Fsp3) is 0.0800. The van der Waals surface area contributed by atoms with Crippen LogP contribution in [0, 0.1) is 0 Å². The zero-order chi connectivity index (χ0) is 24.5. The van der Waals surface area contributed by atoms with Crippen molar-refractivity contribution in [3.05, 3.63) is 94.5 Å². The van der Waals surface area contributed by atoms with E-state index in [1.54, 1.807) is 48.5 Å². The average Bonchev–Trinajstić information content (AvgIpc) is 2.85. The zero-order valence-electron chi connectivity index (χ0n) is 18.2. The molecule has 174 valence electrons. The number of fused-ring (bicyclic) bond motifs is 1. The number of carbonyl (C=O) groups is 1. The Kier molecular flexibility index (Phi) is 6.70. The number of anilines is 1. The Bertz CT molecular complexity index is 1500. The number of halogens is 2. The highest BCUT2D eigenvalue weighted by Crippen LogP contribution is 2.34. The third-order valence-electron chi connectivity index (χ3n) is 5.27. The van der Waals surface area contributed by atoms with Gasteiger partial charge in [0.15, 0.2) is 0 Å². The number of hydrogen-bond donors (Lipinski definition) is 0. The topological polar surface area (TPSA) is 72.9 Å². The molecule has 4 aromatic rings. The SMILES string of the molecule is COc1ccccc1N(C)S(=O)(=O)c1ccc(Cl)c(C(=O)Oc2ccc(Cl)c3ccccc23)c1. The molecule has 0 heterocycles. The van der Waals surface area contributed by atoms with Crippen LogP contribution in [-0.4, -0.2) is 28.5 Å². The molecule has 0 amide bonds. The normalized spacial score (nSPS) is 11.3. The van der Waals surface area contributed by atoms with Crippen LogP contribution in [0.15, 0.2) is 83.8 Å². The fourth-order valence-electron chi connectivity index (χ4n) is 3.48. The Morgan fingerprint density at radius 1 is 0.824 bits per heavy atom. The lowest BCUT2D eigenvalue weighted by molar-refractivity contribution is 0.0737. The van der Waals surface area contributed by atoms with Gasteiger partial charge in [0.05, 0.1) is 28.3 Å². The molecule has 0 aliphatic carbocycles. The van der Waals surface area contributed by atoms with Crippen molar-refractivity contribution in [3.8, 4) is 11.5 Å². The van der Waals surface area contributed by atoms with E-state index in [1.807, 2.05) is 12.1 Å². The van der Waals surface area contributed by atoms with Crippen LogP contribution < -0.4 is 13.8 Å². The van der Waals surface area contributed by atoms with E-state index in [2.05, 4.69) is 0 Å². The second-order valence-electron chi connectivity index (χ2n) is 7.27. The highest BCUT2D eigenvalue weighted by Gasteiger charge is 2.26. The lowest BCUT2D eigenvalue weighted by Gasteiger charge is -2.22. The smallest absolute Gasteiger partial charge is 0.345 e. The Morgan fingerprint density at radius 3 is 2.21 bits per heavy atom. The van der Waals surface area contributed by atoms with Crippen molar-refractivity contribution < 1.29 is 22.7 Å². The van der Waals surface area contributed by atoms with Crippen LogP contribution in [0.5, 0.6) is 11.5 Å². The summed E-state index contributed by atoms with van der Waals surface area (Å²) < 4.78 is 38.6. The molecule has 0 saturated heterocycles. The fourth-order valence-corrected chi connectivity index (χ4v) is 5.13. The minimum Gasteiger partial charge on any atom is -0.495 e. The first kappa shape index (κ1) is 23.9. The quantitative estimate of drug-likeness (QED) is 0.225. The first-order chi connectivity index (χ1) is 16.2. The second kappa shape index (κ2) is 9.54. The van der Waals surface area contributed by atoms with Crippen molar-refractivity contribution in [2.45, 2.75) is 4.90 Å².